The molecule has 0 fully saturated rings. The number of hydrogen-bond donors (Lipinski definition) is 6. The number of allylic oxidation sites excluding steroid dienone is 2. The van der Waals surface area contributed by atoms with Gasteiger partial charge in [-0.3, -0.25) is 9.59 Å². The molecule has 3 aliphatic carbocycles. The number of carbonyl (C=O) groups is 2. The van der Waals surface area contributed by atoms with E-state index in [0.29, 0.717) is 17.5 Å². The number of aliphatic hydroxyl groups is 3. The van der Waals surface area contributed by atoms with Crippen LogP contribution in [-0.2, 0) is 11.2 Å². The molecule has 0 saturated carbocycles. The maximum absolute atomic E-state index is 13.5. The third-order valence-corrected chi connectivity index (χ3v) is 6.77. The van der Waals surface area contributed by atoms with Crippen LogP contribution in [0.25, 0.3) is 0 Å². The number of rotatable bonds is 2. The van der Waals surface area contributed by atoms with E-state index < -0.39 is 51.9 Å². The van der Waals surface area contributed by atoms with Crippen molar-refractivity contribution >= 4 is 23.1 Å². The first-order chi connectivity index (χ1) is 14.4. The summed E-state index contributed by atoms with van der Waals surface area (Å²) in [5.74, 6) is -4.32. The lowest BCUT2D eigenvalue weighted by atomic mass is 9.60. The van der Waals surface area contributed by atoms with E-state index >= 15 is 0 Å². The lowest BCUT2D eigenvalue weighted by Gasteiger charge is -2.47. The summed E-state index contributed by atoms with van der Waals surface area (Å²) in [6.07, 6.45) is 0.363. The molecule has 1 amide bonds. The molecule has 3 aliphatic rings. The molecule has 0 aliphatic heterocycles. The van der Waals surface area contributed by atoms with Crippen LogP contribution in [0.3, 0.4) is 0 Å². The number of fused-ring (bicyclic) bond motifs is 3. The molecule has 31 heavy (non-hydrogen) atoms. The van der Waals surface area contributed by atoms with Gasteiger partial charge in [-0.15, -0.1) is 0 Å². The zero-order valence-electron chi connectivity index (χ0n) is 17.5. The van der Waals surface area contributed by atoms with Gasteiger partial charge in [0.25, 0.3) is 5.91 Å². The Morgan fingerprint density at radius 1 is 1.26 bits per heavy atom. The van der Waals surface area contributed by atoms with Gasteiger partial charge in [0.15, 0.2) is 11.4 Å². The fraction of sp³-hybridized carbons (Fsp3) is 0.409. The summed E-state index contributed by atoms with van der Waals surface area (Å²) in [5.41, 5.74) is 3.58. The Kier molecular flexibility index (Phi) is 4.44. The quantitative estimate of drug-likeness (QED) is 0.414. The normalized spacial score (nSPS) is 27.6. The molecular formula is C22H25N3O6. The smallest absolute Gasteiger partial charge is 0.254 e. The van der Waals surface area contributed by atoms with E-state index in [1.54, 1.807) is 13.0 Å². The highest BCUT2D eigenvalue weighted by Gasteiger charge is 2.57. The number of phenols is 1. The van der Waals surface area contributed by atoms with E-state index in [-0.39, 0.29) is 29.7 Å². The molecule has 0 saturated heterocycles. The van der Waals surface area contributed by atoms with Crippen LogP contribution in [0.15, 0.2) is 28.7 Å². The first kappa shape index (κ1) is 20.9. The van der Waals surface area contributed by atoms with E-state index in [4.69, 9.17) is 11.1 Å². The number of anilines is 1. The van der Waals surface area contributed by atoms with Gasteiger partial charge in [0.2, 0.25) is 0 Å². The Hall–Kier alpha value is -3.33. The Labute approximate surface area is 178 Å². The lowest BCUT2D eigenvalue weighted by molar-refractivity contribution is -0.114. The summed E-state index contributed by atoms with van der Waals surface area (Å²) in [6.45, 7) is 1.67. The SMILES string of the molecule is Cc1cc(N(C)C)c2c(c1O)C(=O)C1=C(O)[C@]3(O)C(=N)C(C(N)=O)=C(O)C[C@@H]3C[C@@H]1C2. The minimum atomic E-state index is -2.32. The fourth-order valence-corrected chi connectivity index (χ4v) is 5.25. The van der Waals surface area contributed by atoms with Crippen LogP contribution in [0.4, 0.5) is 5.69 Å². The van der Waals surface area contributed by atoms with Gasteiger partial charge in [-0.25, -0.2) is 0 Å². The number of primary amides is 1. The number of nitrogens with one attached hydrogen (secondary N) is 1. The van der Waals surface area contributed by atoms with Crippen LogP contribution in [0.1, 0.15) is 34.3 Å². The van der Waals surface area contributed by atoms with E-state index in [9.17, 15) is 30.0 Å². The monoisotopic (exact) mass is 427 g/mol. The Morgan fingerprint density at radius 3 is 2.48 bits per heavy atom. The largest absolute Gasteiger partial charge is 0.511 e. The molecule has 7 N–H and O–H groups in total. The maximum atomic E-state index is 13.5. The Balaban J connectivity index is 1.94. The first-order valence-corrected chi connectivity index (χ1v) is 9.95. The van der Waals surface area contributed by atoms with Crippen molar-refractivity contribution in [1.29, 1.82) is 5.41 Å². The van der Waals surface area contributed by atoms with Gasteiger partial charge in [-0.2, -0.15) is 0 Å². The number of nitrogens with zero attached hydrogens (tertiary/aromatic N) is 1. The van der Waals surface area contributed by atoms with Crippen molar-refractivity contribution in [2.75, 3.05) is 19.0 Å². The molecule has 164 valence electrons. The van der Waals surface area contributed by atoms with Gasteiger partial charge < -0.3 is 36.5 Å². The number of ketones is 1. The average Bonchev–Trinajstić information content (AvgIpc) is 2.66. The summed E-state index contributed by atoms with van der Waals surface area (Å²) in [7, 11) is 3.66. The predicted molar refractivity (Wildman–Crippen MR) is 113 cm³/mol. The van der Waals surface area contributed by atoms with E-state index in [1.807, 2.05) is 19.0 Å². The molecule has 3 atom stereocenters. The molecular weight excluding hydrogens is 402 g/mol. The van der Waals surface area contributed by atoms with Crippen LogP contribution in [0.5, 0.6) is 5.75 Å². The number of benzene rings is 1. The summed E-state index contributed by atoms with van der Waals surface area (Å²) in [6, 6.07) is 1.79. The highest BCUT2D eigenvalue weighted by molar-refractivity contribution is 6.25. The maximum Gasteiger partial charge on any atom is 0.254 e. The van der Waals surface area contributed by atoms with Crippen LogP contribution in [0, 0.1) is 24.2 Å². The molecule has 0 spiro atoms. The molecule has 1 aromatic carbocycles. The first-order valence-electron chi connectivity index (χ1n) is 9.95. The number of Topliss-reactive ketones (excluding diaryl/α,β-unsaturated/α-hetero) is 1. The van der Waals surface area contributed by atoms with E-state index in [2.05, 4.69) is 0 Å². The van der Waals surface area contributed by atoms with Crippen molar-refractivity contribution in [3.63, 3.8) is 0 Å². The summed E-state index contributed by atoms with van der Waals surface area (Å²) in [5, 5.41) is 51.6. The van der Waals surface area contributed by atoms with Crippen molar-refractivity contribution in [3.8, 4) is 5.75 Å². The van der Waals surface area contributed by atoms with Crippen LogP contribution in [0.2, 0.25) is 0 Å². The number of aliphatic hydroxyl groups excluding tert-OH is 2. The number of carbonyl (C=O) groups excluding carboxylic acids is 2. The number of hydrogen-bond acceptors (Lipinski definition) is 8. The number of nitrogens with two attached hydrogens (primary N) is 1. The number of amides is 1. The molecule has 0 heterocycles. The topological polar surface area (TPSA) is 168 Å². The van der Waals surface area contributed by atoms with Crippen LogP contribution >= 0.6 is 0 Å². The third kappa shape index (κ3) is 2.62. The lowest BCUT2D eigenvalue weighted by Crippen LogP contribution is -2.57. The van der Waals surface area contributed by atoms with Gasteiger partial charge >= 0.3 is 0 Å². The molecule has 0 aromatic heterocycles. The van der Waals surface area contributed by atoms with Crippen molar-refractivity contribution in [3.05, 3.63) is 45.4 Å². The second kappa shape index (κ2) is 6.58. The summed E-state index contributed by atoms with van der Waals surface area (Å²) < 4.78 is 0. The van der Waals surface area contributed by atoms with Crippen molar-refractivity contribution in [1.82, 2.24) is 0 Å². The molecule has 9 heteroatoms. The van der Waals surface area contributed by atoms with Gasteiger partial charge in [0.05, 0.1) is 11.3 Å². The number of aryl methyl sites for hydroxylation is 1. The van der Waals surface area contributed by atoms with E-state index in [1.165, 1.54) is 0 Å². The Bertz CT molecular complexity index is 1130. The van der Waals surface area contributed by atoms with Crippen LogP contribution in [-0.4, -0.2) is 57.5 Å². The summed E-state index contributed by atoms with van der Waals surface area (Å²) >= 11 is 0. The van der Waals surface area contributed by atoms with Gasteiger partial charge in [-0.05, 0) is 42.9 Å². The minimum absolute atomic E-state index is 0.0689. The van der Waals surface area contributed by atoms with Crippen LogP contribution < -0.4 is 10.6 Å². The standard InChI is InChI=1S/C22H25N3O6/c1-8-4-12(25(2)3)11-6-9-5-10-7-13(26)16(21(24)30)19(23)22(10,31)20(29)14(9)18(28)15(11)17(8)27/h4,9-10,23,26-27,29,31H,5-7H2,1-3H3,(H2,24,30)/t9-,10+,22-/m1/s1. The zero-order chi connectivity index (χ0) is 23.0. The fourth-order valence-electron chi connectivity index (χ4n) is 5.25. The Morgan fingerprint density at radius 2 is 1.90 bits per heavy atom. The van der Waals surface area contributed by atoms with Crippen molar-refractivity contribution in [2.45, 2.75) is 31.8 Å². The average molecular weight is 427 g/mol. The van der Waals surface area contributed by atoms with Gasteiger partial charge in [0.1, 0.15) is 22.8 Å². The summed E-state index contributed by atoms with van der Waals surface area (Å²) in [4.78, 5) is 27.1. The third-order valence-electron chi connectivity index (χ3n) is 6.77. The number of aromatic hydroxyl groups is 1. The second-order valence-corrected chi connectivity index (χ2v) is 8.77. The van der Waals surface area contributed by atoms with Crippen molar-refractivity contribution in [2.24, 2.45) is 17.6 Å². The molecule has 0 radical (unpaired) electrons. The second-order valence-electron chi connectivity index (χ2n) is 8.77. The van der Waals surface area contributed by atoms with Gasteiger partial charge in [-0.1, -0.05) is 0 Å². The predicted octanol–water partition coefficient (Wildman–Crippen LogP) is 1.41. The molecule has 4 rings (SSSR count). The highest BCUT2D eigenvalue weighted by atomic mass is 16.3. The van der Waals surface area contributed by atoms with E-state index in [0.717, 1.165) is 5.69 Å². The number of phenolic OH excluding ortho intramolecular Hbond substituents is 1. The zero-order valence-corrected chi connectivity index (χ0v) is 17.5. The molecule has 0 unspecified atom stereocenters. The molecule has 0 bridgehead atoms. The highest BCUT2D eigenvalue weighted by Crippen LogP contribution is 2.52. The van der Waals surface area contributed by atoms with Gasteiger partial charge in [0, 0.05) is 37.7 Å². The molecule has 1 aromatic rings. The molecule has 9 nitrogen and oxygen atoms in total. The van der Waals surface area contributed by atoms with Crippen molar-refractivity contribution < 1.29 is 30.0 Å². The minimum Gasteiger partial charge on any atom is -0.511 e.